The van der Waals surface area contributed by atoms with Gasteiger partial charge in [0.05, 0.1) is 0 Å². The third-order valence-corrected chi connectivity index (χ3v) is 4.31. The molecule has 2 amide bonds. The summed E-state index contributed by atoms with van der Waals surface area (Å²) in [6.45, 7) is 7.54. The van der Waals surface area contributed by atoms with Crippen LogP contribution in [0.15, 0.2) is 42.5 Å². The molecular formula is C20H23ClN2O2. The molecule has 1 unspecified atom stereocenters. The summed E-state index contributed by atoms with van der Waals surface area (Å²) in [6, 6.07) is 11.9. The van der Waals surface area contributed by atoms with Crippen molar-refractivity contribution in [1.82, 2.24) is 5.32 Å². The third-order valence-electron chi connectivity index (χ3n) is 4.07. The van der Waals surface area contributed by atoms with Crippen molar-refractivity contribution in [3.05, 3.63) is 64.2 Å². The van der Waals surface area contributed by atoms with Crippen LogP contribution in [-0.2, 0) is 4.79 Å². The molecule has 4 nitrogen and oxygen atoms in total. The fourth-order valence-electron chi connectivity index (χ4n) is 2.56. The summed E-state index contributed by atoms with van der Waals surface area (Å²) < 4.78 is 0. The van der Waals surface area contributed by atoms with Crippen molar-refractivity contribution >= 4 is 29.1 Å². The van der Waals surface area contributed by atoms with Gasteiger partial charge in [-0.3, -0.25) is 9.59 Å². The molecule has 25 heavy (non-hydrogen) atoms. The minimum absolute atomic E-state index is 0.0550. The van der Waals surface area contributed by atoms with Crippen LogP contribution in [0.4, 0.5) is 5.69 Å². The van der Waals surface area contributed by atoms with Crippen LogP contribution in [0, 0.1) is 19.8 Å². The van der Waals surface area contributed by atoms with E-state index in [0.29, 0.717) is 16.3 Å². The number of hydrogen-bond donors (Lipinski definition) is 2. The smallest absolute Gasteiger partial charge is 0.252 e. The van der Waals surface area contributed by atoms with Crippen molar-refractivity contribution in [2.75, 3.05) is 5.32 Å². The standard InChI is InChI=1S/C20H23ClN2O2/c1-12(2)18(23-19(24)16-8-6-5-7-13(16)3)20(25)22-17-10-9-15(21)11-14(17)4/h5-12,18H,1-4H3,(H,22,25)(H,23,24). The van der Waals surface area contributed by atoms with Crippen LogP contribution in [0.1, 0.15) is 35.3 Å². The Morgan fingerprint density at radius 3 is 2.28 bits per heavy atom. The topological polar surface area (TPSA) is 58.2 Å². The number of carbonyl (C=O) groups is 2. The first kappa shape index (κ1) is 19.0. The molecule has 0 saturated carbocycles. The van der Waals surface area contributed by atoms with Crippen LogP contribution in [0.3, 0.4) is 0 Å². The number of anilines is 1. The Hall–Kier alpha value is -2.33. The largest absolute Gasteiger partial charge is 0.340 e. The molecule has 0 aliphatic heterocycles. The summed E-state index contributed by atoms with van der Waals surface area (Å²) in [6.07, 6.45) is 0. The molecule has 2 rings (SSSR count). The van der Waals surface area contributed by atoms with E-state index in [9.17, 15) is 9.59 Å². The summed E-state index contributed by atoms with van der Waals surface area (Å²) in [5, 5.41) is 6.34. The molecule has 0 aromatic heterocycles. The first-order chi connectivity index (χ1) is 11.8. The molecule has 0 saturated heterocycles. The summed E-state index contributed by atoms with van der Waals surface area (Å²) in [7, 11) is 0. The van der Waals surface area contributed by atoms with Crippen LogP contribution in [0.25, 0.3) is 0 Å². The number of halogens is 1. The second-order valence-corrected chi connectivity index (χ2v) is 6.90. The lowest BCUT2D eigenvalue weighted by molar-refractivity contribution is -0.118. The Kier molecular flexibility index (Phi) is 6.21. The molecule has 0 radical (unpaired) electrons. The molecular weight excluding hydrogens is 336 g/mol. The lowest BCUT2D eigenvalue weighted by Crippen LogP contribution is -2.47. The number of carbonyl (C=O) groups excluding carboxylic acids is 2. The third kappa shape index (κ3) is 4.83. The van der Waals surface area contributed by atoms with Gasteiger partial charge in [-0.05, 0) is 55.2 Å². The Balaban J connectivity index is 2.16. The first-order valence-corrected chi connectivity index (χ1v) is 8.61. The maximum atomic E-state index is 12.7. The lowest BCUT2D eigenvalue weighted by atomic mass is 10.0. The van der Waals surface area contributed by atoms with E-state index in [0.717, 1.165) is 11.1 Å². The molecule has 2 aromatic carbocycles. The predicted octanol–water partition coefficient (Wildman–Crippen LogP) is 4.35. The summed E-state index contributed by atoms with van der Waals surface area (Å²) in [5.41, 5.74) is 3.00. The normalized spacial score (nSPS) is 11.9. The number of rotatable bonds is 5. The quantitative estimate of drug-likeness (QED) is 0.834. The fourth-order valence-corrected chi connectivity index (χ4v) is 2.79. The zero-order valence-corrected chi connectivity index (χ0v) is 15.6. The van der Waals surface area contributed by atoms with E-state index < -0.39 is 6.04 Å². The number of hydrogen-bond acceptors (Lipinski definition) is 2. The van der Waals surface area contributed by atoms with Crippen molar-refractivity contribution in [2.24, 2.45) is 5.92 Å². The number of amides is 2. The highest BCUT2D eigenvalue weighted by atomic mass is 35.5. The molecule has 132 valence electrons. The van der Waals surface area contributed by atoms with Crippen LogP contribution < -0.4 is 10.6 Å². The van der Waals surface area contributed by atoms with Crippen LogP contribution >= 0.6 is 11.6 Å². The van der Waals surface area contributed by atoms with Gasteiger partial charge in [0.25, 0.3) is 5.91 Å². The molecule has 2 aromatic rings. The van der Waals surface area contributed by atoms with E-state index in [-0.39, 0.29) is 17.7 Å². The van der Waals surface area contributed by atoms with Gasteiger partial charge < -0.3 is 10.6 Å². The monoisotopic (exact) mass is 358 g/mol. The highest BCUT2D eigenvalue weighted by molar-refractivity contribution is 6.30. The Labute approximate surface area is 153 Å². The average Bonchev–Trinajstić information content (AvgIpc) is 2.55. The minimum Gasteiger partial charge on any atom is -0.340 e. The molecule has 0 bridgehead atoms. The molecule has 0 aliphatic rings. The maximum absolute atomic E-state index is 12.7. The van der Waals surface area contributed by atoms with Gasteiger partial charge in [0.1, 0.15) is 6.04 Å². The van der Waals surface area contributed by atoms with Gasteiger partial charge in [0.2, 0.25) is 5.91 Å². The molecule has 5 heteroatoms. The van der Waals surface area contributed by atoms with Gasteiger partial charge in [-0.1, -0.05) is 43.6 Å². The minimum atomic E-state index is -0.637. The maximum Gasteiger partial charge on any atom is 0.252 e. The molecule has 0 heterocycles. The van der Waals surface area contributed by atoms with E-state index in [2.05, 4.69) is 10.6 Å². The van der Waals surface area contributed by atoms with Crippen molar-refractivity contribution in [3.63, 3.8) is 0 Å². The SMILES string of the molecule is Cc1cc(Cl)ccc1NC(=O)C(NC(=O)c1ccccc1C)C(C)C. The van der Waals surface area contributed by atoms with E-state index in [1.807, 2.05) is 45.9 Å². The highest BCUT2D eigenvalue weighted by Crippen LogP contribution is 2.20. The number of nitrogens with one attached hydrogen (secondary N) is 2. The van der Waals surface area contributed by atoms with E-state index in [1.54, 1.807) is 24.3 Å². The molecule has 2 N–H and O–H groups in total. The molecule has 0 aliphatic carbocycles. The summed E-state index contributed by atoms with van der Waals surface area (Å²) in [5.74, 6) is -0.553. The Morgan fingerprint density at radius 1 is 1.00 bits per heavy atom. The van der Waals surface area contributed by atoms with Crippen molar-refractivity contribution in [2.45, 2.75) is 33.7 Å². The van der Waals surface area contributed by atoms with E-state index in [4.69, 9.17) is 11.6 Å². The summed E-state index contributed by atoms with van der Waals surface area (Å²) in [4.78, 5) is 25.2. The van der Waals surface area contributed by atoms with E-state index in [1.165, 1.54) is 0 Å². The average molecular weight is 359 g/mol. The van der Waals surface area contributed by atoms with Gasteiger partial charge in [0, 0.05) is 16.3 Å². The lowest BCUT2D eigenvalue weighted by Gasteiger charge is -2.22. The number of benzene rings is 2. The van der Waals surface area contributed by atoms with Crippen molar-refractivity contribution in [3.8, 4) is 0 Å². The first-order valence-electron chi connectivity index (χ1n) is 8.23. The fraction of sp³-hybridized carbons (Fsp3) is 0.300. The van der Waals surface area contributed by atoms with Crippen LogP contribution in [0.2, 0.25) is 5.02 Å². The van der Waals surface area contributed by atoms with Crippen molar-refractivity contribution < 1.29 is 9.59 Å². The molecule has 1 atom stereocenters. The van der Waals surface area contributed by atoms with Crippen LogP contribution in [0.5, 0.6) is 0 Å². The van der Waals surface area contributed by atoms with Gasteiger partial charge in [-0.15, -0.1) is 0 Å². The molecule has 0 fully saturated rings. The van der Waals surface area contributed by atoms with E-state index >= 15 is 0 Å². The zero-order valence-electron chi connectivity index (χ0n) is 14.9. The van der Waals surface area contributed by atoms with Gasteiger partial charge >= 0.3 is 0 Å². The van der Waals surface area contributed by atoms with Gasteiger partial charge in [-0.25, -0.2) is 0 Å². The second kappa shape index (κ2) is 8.17. The Bertz CT molecular complexity index is 787. The van der Waals surface area contributed by atoms with Gasteiger partial charge in [-0.2, -0.15) is 0 Å². The second-order valence-electron chi connectivity index (χ2n) is 6.46. The highest BCUT2D eigenvalue weighted by Gasteiger charge is 2.25. The zero-order chi connectivity index (χ0) is 18.6. The van der Waals surface area contributed by atoms with Gasteiger partial charge in [0.15, 0.2) is 0 Å². The summed E-state index contributed by atoms with van der Waals surface area (Å²) >= 11 is 5.95. The molecule has 0 spiro atoms. The van der Waals surface area contributed by atoms with Crippen LogP contribution in [-0.4, -0.2) is 17.9 Å². The van der Waals surface area contributed by atoms with Crippen molar-refractivity contribution in [1.29, 1.82) is 0 Å². The Morgan fingerprint density at radius 2 is 1.68 bits per heavy atom. The number of aryl methyl sites for hydroxylation is 2. The predicted molar refractivity (Wildman–Crippen MR) is 102 cm³/mol.